The third-order valence-corrected chi connectivity index (χ3v) is 5.91. The number of anilines is 1. The van der Waals surface area contributed by atoms with E-state index in [2.05, 4.69) is 4.98 Å². The number of nitrogens with zero attached hydrogens (tertiary/aromatic N) is 3. The maximum atomic E-state index is 12.7. The Morgan fingerprint density at radius 3 is 2.21 bits per heavy atom. The molecule has 3 heterocycles. The molecule has 1 saturated heterocycles. The summed E-state index contributed by atoms with van der Waals surface area (Å²) in [6.07, 6.45) is 2.07. The summed E-state index contributed by atoms with van der Waals surface area (Å²) in [5, 5.41) is 0. The van der Waals surface area contributed by atoms with Gasteiger partial charge in [-0.05, 0) is 41.2 Å². The summed E-state index contributed by atoms with van der Waals surface area (Å²) in [4.78, 5) is 44.5. The fourth-order valence-electron chi connectivity index (χ4n) is 4.22. The first-order chi connectivity index (χ1) is 15.7. The molecule has 9 heteroatoms. The number of piperidine rings is 1. The summed E-state index contributed by atoms with van der Waals surface area (Å²) < 4.78 is 16.1. The van der Waals surface area contributed by atoms with E-state index in [0.29, 0.717) is 36.7 Å². The van der Waals surface area contributed by atoms with Gasteiger partial charge in [0.05, 0.1) is 26.1 Å². The van der Waals surface area contributed by atoms with Crippen LogP contribution in [0.3, 0.4) is 0 Å². The van der Waals surface area contributed by atoms with Crippen molar-refractivity contribution in [2.45, 2.75) is 39.7 Å². The monoisotopic (exact) mass is 453 g/mol. The van der Waals surface area contributed by atoms with Crippen molar-refractivity contribution in [1.82, 2.24) is 9.88 Å². The van der Waals surface area contributed by atoms with Gasteiger partial charge in [-0.3, -0.25) is 9.59 Å². The number of hydrogen-bond donors (Lipinski definition) is 0. The molecule has 4 rings (SSSR count). The maximum absolute atomic E-state index is 12.7. The molecule has 0 N–H and O–H groups in total. The van der Waals surface area contributed by atoms with Crippen LogP contribution in [0, 0.1) is 5.41 Å². The summed E-state index contributed by atoms with van der Waals surface area (Å²) in [6, 6.07) is 6.85. The van der Waals surface area contributed by atoms with Gasteiger partial charge in [0.2, 0.25) is 17.7 Å². The normalized spacial score (nSPS) is 17.5. The van der Waals surface area contributed by atoms with Gasteiger partial charge in [-0.25, -0.2) is 14.7 Å². The first kappa shape index (κ1) is 22.6. The van der Waals surface area contributed by atoms with E-state index in [1.165, 1.54) is 12.3 Å². The molecule has 0 aliphatic carbocycles. The molecular formula is C24H27N3O6. The van der Waals surface area contributed by atoms with Crippen LogP contribution in [0.25, 0.3) is 0 Å². The Morgan fingerprint density at radius 2 is 1.64 bits per heavy atom. The second kappa shape index (κ2) is 8.73. The Balaban J connectivity index is 1.42. The predicted octanol–water partition coefficient (Wildman–Crippen LogP) is 3.34. The van der Waals surface area contributed by atoms with E-state index in [1.54, 1.807) is 25.2 Å². The quantitative estimate of drug-likeness (QED) is 0.655. The number of ether oxygens (including phenoxy) is 3. The lowest BCUT2D eigenvalue weighted by Crippen LogP contribution is -2.46. The van der Waals surface area contributed by atoms with E-state index >= 15 is 0 Å². The molecular weight excluding hydrogens is 426 g/mol. The number of pyridine rings is 1. The minimum absolute atomic E-state index is 0.0964. The largest absolute Gasteiger partial charge is 0.493 e. The topological polar surface area (TPSA) is 98.3 Å². The second-order valence-electron chi connectivity index (χ2n) is 9.01. The number of aromatic nitrogens is 1. The van der Waals surface area contributed by atoms with Gasteiger partial charge in [-0.15, -0.1) is 0 Å². The van der Waals surface area contributed by atoms with Gasteiger partial charge in [0.25, 0.3) is 0 Å². The number of rotatable bonds is 4. The van der Waals surface area contributed by atoms with Crippen LogP contribution < -0.4 is 19.1 Å². The molecule has 1 fully saturated rings. The van der Waals surface area contributed by atoms with Gasteiger partial charge in [-0.2, -0.15) is 0 Å². The number of amides is 3. The molecule has 2 aliphatic heterocycles. The Labute approximate surface area is 192 Å². The molecule has 2 aliphatic rings. The molecule has 0 spiro atoms. The molecule has 2 aromatic rings. The molecule has 0 bridgehead atoms. The second-order valence-corrected chi connectivity index (χ2v) is 9.01. The highest BCUT2D eigenvalue weighted by Gasteiger charge is 2.38. The number of carbonyl (C=O) groups excluding carboxylic acids is 3. The molecule has 9 nitrogen and oxygen atoms in total. The minimum Gasteiger partial charge on any atom is -0.493 e. The molecule has 0 radical (unpaired) electrons. The fourth-order valence-corrected chi connectivity index (χ4v) is 4.22. The van der Waals surface area contributed by atoms with Crippen molar-refractivity contribution in [2.24, 2.45) is 5.41 Å². The summed E-state index contributed by atoms with van der Waals surface area (Å²) in [7, 11) is 3.16. The van der Waals surface area contributed by atoms with Crippen molar-refractivity contribution in [3.63, 3.8) is 0 Å². The third-order valence-electron chi connectivity index (χ3n) is 5.91. The average molecular weight is 453 g/mol. The summed E-state index contributed by atoms with van der Waals surface area (Å²) in [5.74, 6) is 0.836. The molecule has 1 aromatic heterocycles. The van der Waals surface area contributed by atoms with Crippen molar-refractivity contribution in [3.05, 3.63) is 41.6 Å². The number of carbonyl (C=O) groups is 3. The van der Waals surface area contributed by atoms with E-state index < -0.39 is 6.09 Å². The minimum atomic E-state index is -0.525. The van der Waals surface area contributed by atoms with Crippen molar-refractivity contribution in [1.29, 1.82) is 0 Å². The van der Waals surface area contributed by atoms with Crippen LogP contribution in [0.2, 0.25) is 0 Å². The zero-order valence-electron chi connectivity index (χ0n) is 19.2. The average Bonchev–Trinajstić information content (AvgIpc) is 2.77. The lowest BCUT2D eigenvalue weighted by Gasteiger charge is -2.34. The predicted molar refractivity (Wildman–Crippen MR) is 119 cm³/mol. The highest BCUT2D eigenvalue weighted by Crippen LogP contribution is 2.35. The smallest absolute Gasteiger partial charge is 0.416 e. The zero-order chi connectivity index (χ0) is 23.8. The number of fused-ring (bicyclic) bond motifs is 1. The SMILES string of the molecule is COc1cc2c(cc1OC)CN(C(=O)Oc1ccc(N3C(=O)CC(C)(C)CC3=O)cn1)CC2. The van der Waals surface area contributed by atoms with E-state index in [9.17, 15) is 14.4 Å². The molecule has 0 atom stereocenters. The summed E-state index contributed by atoms with van der Waals surface area (Å²) in [5.41, 5.74) is 2.08. The lowest BCUT2D eigenvalue weighted by molar-refractivity contribution is -0.132. The van der Waals surface area contributed by atoms with Crippen LogP contribution in [0.5, 0.6) is 17.4 Å². The molecule has 1 aromatic carbocycles. The Hall–Kier alpha value is -3.62. The molecule has 0 saturated carbocycles. The first-order valence-corrected chi connectivity index (χ1v) is 10.7. The summed E-state index contributed by atoms with van der Waals surface area (Å²) in [6.45, 7) is 4.66. The third kappa shape index (κ3) is 4.62. The van der Waals surface area contributed by atoms with Crippen molar-refractivity contribution in [3.8, 4) is 17.4 Å². The molecule has 174 valence electrons. The molecule has 0 unspecified atom stereocenters. The van der Waals surface area contributed by atoms with Gasteiger partial charge >= 0.3 is 6.09 Å². The summed E-state index contributed by atoms with van der Waals surface area (Å²) >= 11 is 0. The standard InChI is InChI=1S/C24H27N3O6/c1-24(2)11-21(28)27(22(29)12-24)17-5-6-20(25-13-17)33-23(30)26-8-7-15-9-18(31-3)19(32-4)10-16(15)14-26/h5-6,9-10,13H,7-8,11-12,14H2,1-4H3. The Kier molecular flexibility index (Phi) is 5.97. The van der Waals surface area contributed by atoms with E-state index in [0.717, 1.165) is 16.0 Å². The molecule has 33 heavy (non-hydrogen) atoms. The van der Waals surface area contributed by atoms with Crippen LogP contribution in [0.1, 0.15) is 37.8 Å². The lowest BCUT2D eigenvalue weighted by atomic mass is 9.81. The van der Waals surface area contributed by atoms with Gasteiger partial charge in [-0.1, -0.05) is 13.8 Å². The number of imide groups is 1. The number of hydrogen-bond acceptors (Lipinski definition) is 7. The van der Waals surface area contributed by atoms with Gasteiger partial charge in [0.15, 0.2) is 11.5 Å². The maximum Gasteiger partial charge on any atom is 0.416 e. The van der Waals surface area contributed by atoms with E-state index in [1.807, 2.05) is 26.0 Å². The van der Waals surface area contributed by atoms with Gasteiger partial charge in [0.1, 0.15) is 0 Å². The van der Waals surface area contributed by atoms with E-state index in [4.69, 9.17) is 14.2 Å². The van der Waals surface area contributed by atoms with Crippen molar-refractivity contribution >= 4 is 23.6 Å². The molecule has 3 amide bonds. The van der Waals surface area contributed by atoms with Crippen LogP contribution in [-0.4, -0.2) is 48.6 Å². The van der Waals surface area contributed by atoms with Crippen molar-refractivity contribution < 1.29 is 28.6 Å². The highest BCUT2D eigenvalue weighted by atomic mass is 16.6. The van der Waals surface area contributed by atoms with Crippen molar-refractivity contribution in [2.75, 3.05) is 25.7 Å². The Morgan fingerprint density at radius 1 is 1.00 bits per heavy atom. The van der Waals surface area contributed by atoms with E-state index in [-0.39, 0.29) is 36.0 Å². The highest BCUT2D eigenvalue weighted by molar-refractivity contribution is 6.16. The first-order valence-electron chi connectivity index (χ1n) is 10.7. The Bertz CT molecular complexity index is 1080. The van der Waals surface area contributed by atoms with Crippen LogP contribution in [-0.2, 0) is 22.6 Å². The van der Waals surface area contributed by atoms with Gasteiger partial charge in [0, 0.05) is 32.0 Å². The number of methoxy groups -OCH3 is 2. The number of benzene rings is 1. The van der Waals surface area contributed by atoms with Gasteiger partial charge < -0.3 is 19.1 Å². The zero-order valence-corrected chi connectivity index (χ0v) is 19.2. The van der Waals surface area contributed by atoms with Crippen LogP contribution >= 0.6 is 0 Å². The fraction of sp³-hybridized carbons (Fsp3) is 0.417. The van der Waals surface area contributed by atoms with Crippen LogP contribution in [0.15, 0.2) is 30.5 Å². The van der Waals surface area contributed by atoms with Crippen LogP contribution in [0.4, 0.5) is 10.5 Å².